The molecule has 4 aromatic rings. The predicted molar refractivity (Wildman–Crippen MR) is 129 cm³/mol. The molecule has 4 rings (SSSR count). The van der Waals surface area contributed by atoms with Gasteiger partial charge in [0.15, 0.2) is 0 Å². The van der Waals surface area contributed by atoms with Crippen LogP contribution in [0.4, 0.5) is 0 Å². The van der Waals surface area contributed by atoms with Crippen LogP contribution in [-0.4, -0.2) is 33.9 Å². The van der Waals surface area contributed by atoms with E-state index in [1.807, 2.05) is 54.6 Å². The molecule has 3 aromatic carbocycles. The molecule has 0 fully saturated rings. The number of amides is 1. The van der Waals surface area contributed by atoms with Crippen LogP contribution in [0.15, 0.2) is 77.2 Å². The number of carbonyl (C=O) groups is 1. The summed E-state index contributed by atoms with van der Waals surface area (Å²) in [6.07, 6.45) is 0. The average Bonchev–Trinajstić information content (AvgIpc) is 3.30. The van der Waals surface area contributed by atoms with Crippen molar-refractivity contribution in [3.8, 4) is 34.0 Å². The molecule has 0 radical (unpaired) electrons. The van der Waals surface area contributed by atoms with E-state index in [1.165, 1.54) is 0 Å². The number of rotatable bonds is 8. The molecule has 1 unspecified atom stereocenters. The van der Waals surface area contributed by atoms with Crippen LogP contribution < -0.4 is 11.1 Å². The summed E-state index contributed by atoms with van der Waals surface area (Å²) < 4.78 is 5.98. The molecular formula is C25H25ClN4O3. The van der Waals surface area contributed by atoms with Crippen LogP contribution in [0, 0.1) is 6.92 Å². The highest BCUT2D eigenvalue weighted by Gasteiger charge is 2.16. The maximum Gasteiger partial charge on any atom is 0.248 e. The zero-order valence-electron chi connectivity index (χ0n) is 18.1. The third-order valence-electron chi connectivity index (χ3n) is 5.35. The molecule has 1 amide bonds. The molecule has 1 atom stereocenters. The predicted octanol–water partition coefficient (Wildman–Crippen LogP) is 3.74. The molecule has 4 N–H and O–H groups in total. The summed E-state index contributed by atoms with van der Waals surface area (Å²) in [4.78, 5) is 11.2. The highest BCUT2D eigenvalue weighted by atomic mass is 35.5. The van der Waals surface area contributed by atoms with E-state index < -0.39 is 11.9 Å². The smallest absolute Gasteiger partial charge is 0.248 e. The second kappa shape index (κ2) is 10.9. The molecule has 0 aliphatic carbocycles. The number of hydrogen-bond acceptors (Lipinski definition) is 6. The van der Waals surface area contributed by atoms with E-state index in [1.54, 1.807) is 0 Å². The lowest BCUT2D eigenvalue weighted by molar-refractivity contribution is -0.120. The Kier molecular flexibility index (Phi) is 7.95. The fourth-order valence-electron chi connectivity index (χ4n) is 3.51. The highest BCUT2D eigenvalue weighted by Crippen LogP contribution is 2.32. The molecule has 33 heavy (non-hydrogen) atoms. The van der Waals surface area contributed by atoms with E-state index in [0.717, 1.165) is 33.4 Å². The first kappa shape index (κ1) is 24.1. The first-order chi connectivity index (χ1) is 15.6. The fourth-order valence-corrected chi connectivity index (χ4v) is 3.51. The molecule has 0 saturated heterocycles. The topological polar surface area (TPSA) is 114 Å². The molecule has 0 bridgehead atoms. The molecule has 8 heteroatoms. The number of aliphatic hydroxyl groups excluding tert-OH is 1. The van der Waals surface area contributed by atoms with Crippen molar-refractivity contribution in [1.82, 2.24) is 15.5 Å². The Morgan fingerprint density at radius 2 is 1.61 bits per heavy atom. The molecule has 170 valence electrons. The van der Waals surface area contributed by atoms with Crippen molar-refractivity contribution in [3.05, 3.63) is 83.9 Å². The Labute approximate surface area is 198 Å². The molecule has 0 spiro atoms. The maximum absolute atomic E-state index is 11.2. The van der Waals surface area contributed by atoms with Gasteiger partial charge < -0.3 is 15.3 Å². The van der Waals surface area contributed by atoms with Crippen molar-refractivity contribution in [2.75, 3.05) is 6.61 Å². The lowest BCUT2D eigenvalue weighted by atomic mass is 9.96. The molecular weight excluding hydrogens is 440 g/mol. The van der Waals surface area contributed by atoms with E-state index in [2.05, 4.69) is 40.6 Å². The van der Waals surface area contributed by atoms with Crippen molar-refractivity contribution in [1.29, 1.82) is 0 Å². The minimum absolute atomic E-state index is 0. The summed E-state index contributed by atoms with van der Waals surface area (Å²) in [5, 5.41) is 20.6. The second-order valence-corrected chi connectivity index (χ2v) is 7.47. The van der Waals surface area contributed by atoms with Crippen LogP contribution in [0.5, 0.6) is 0 Å². The molecule has 7 nitrogen and oxygen atoms in total. The molecule has 1 heterocycles. The van der Waals surface area contributed by atoms with E-state index in [-0.39, 0.29) is 19.0 Å². The number of halogens is 1. The summed E-state index contributed by atoms with van der Waals surface area (Å²) in [7, 11) is 0. The number of nitrogens with one attached hydrogen (secondary N) is 1. The Hall–Kier alpha value is -3.52. The first-order valence-electron chi connectivity index (χ1n) is 10.3. The van der Waals surface area contributed by atoms with Gasteiger partial charge in [0.05, 0.1) is 6.61 Å². The van der Waals surface area contributed by atoms with Gasteiger partial charge in [0.2, 0.25) is 17.7 Å². The van der Waals surface area contributed by atoms with Gasteiger partial charge in [-0.05, 0) is 47.4 Å². The third kappa shape index (κ3) is 5.46. The van der Waals surface area contributed by atoms with Gasteiger partial charge in [-0.15, -0.1) is 22.6 Å². The average molecular weight is 465 g/mol. The van der Waals surface area contributed by atoms with Crippen LogP contribution in [0.3, 0.4) is 0 Å². The summed E-state index contributed by atoms with van der Waals surface area (Å²) >= 11 is 0. The summed E-state index contributed by atoms with van der Waals surface area (Å²) in [5.41, 5.74) is 11.2. The highest BCUT2D eigenvalue weighted by molar-refractivity contribution is 5.85. The normalized spacial score (nSPS) is 11.6. The lowest BCUT2D eigenvalue weighted by Crippen LogP contribution is -2.43. The monoisotopic (exact) mass is 464 g/mol. The van der Waals surface area contributed by atoms with Crippen LogP contribution in [0.25, 0.3) is 34.0 Å². The SMILES string of the molecule is Cc1c(-c2ccccc2)cccc1-c1nnc(-c2ccc(CNC(CO)C(N)=O)cc2)o1.Cl. The lowest BCUT2D eigenvalue weighted by Gasteiger charge is -2.12. The number of nitrogens with zero attached hydrogens (tertiary/aromatic N) is 2. The van der Waals surface area contributed by atoms with E-state index >= 15 is 0 Å². The van der Waals surface area contributed by atoms with Gasteiger partial charge in [0.25, 0.3) is 0 Å². The zero-order valence-corrected chi connectivity index (χ0v) is 18.9. The molecule has 0 aliphatic heterocycles. The largest absolute Gasteiger partial charge is 0.416 e. The molecule has 1 aromatic heterocycles. The van der Waals surface area contributed by atoms with E-state index in [9.17, 15) is 9.90 Å². The van der Waals surface area contributed by atoms with Gasteiger partial charge in [0, 0.05) is 17.7 Å². The maximum atomic E-state index is 11.2. The van der Waals surface area contributed by atoms with Gasteiger partial charge in [0.1, 0.15) is 6.04 Å². The van der Waals surface area contributed by atoms with Crippen molar-refractivity contribution >= 4 is 18.3 Å². The summed E-state index contributed by atoms with van der Waals surface area (Å²) in [6.45, 7) is 2.10. The number of hydrogen-bond donors (Lipinski definition) is 3. The Morgan fingerprint density at radius 3 is 2.27 bits per heavy atom. The second-order valence-electron chi connectivity index (χ2n) is 7.47. The van der Waals surface area contributed by atoms with Crippen LogP contribution in [-0.2, 0) is 11.3 Å². The Bertz CT molecular complexity index is 1210. The van der Waals surface area contributed by atoms with Gasteiger partial charge in [-0.25, -0.2) is 0 Å². The Balaban J connectivity index is 0.00000306. The number of primary amides is 1. The van der Waals surface area contributed by atoms with Crippen LogP contribution in [0.2, 0.25) is 0 Å². The first-order valence-corrected chi connectivity index (χ1v) is 10.3. The number of benzene rings is 3. The summed E-state index contributed by atoms with van der Waals surface area (Å²) in [5.74, 6) is 0.303. The molecule has 0 saturated carbocycles. The molecule has 0 aliphatic rings. The number of nitrogens with two attached hydrogens (primary N) is 1. The van der Waals surface area contributed by atoms with Gasteiger partial charge in [-0.2, -0.15) is 0 Å². The minimum Gasteiger partial charge on any atom is -0.416 e. The van der Waals surface area contributed by atoms with E-state index in [0.29, 0.717) is 18.3 Å². The van der Waals surface area contributed by atoms with Crippen molar-refractivity contribution in [2.24, 2.45) is 5.73 Å². The van der Waals surface area contributed by atoms with Crippen LogP contribution in [0.1, 0.15) is 11.1 Å². The van der Waals surface area contributed by atoms with Crippen molar-refractivity contribution in [3.63, 3.8) is 0 Å². The zero-order chi connectivity index (χ0) is 22.5. The number of aliphatic hydroxyl groups is 1. The summed E-state index contributed by atoms with van der Waals surface area (Å²) in [6, 6.07) is 23.0. The van der Waals surface area contributed by atoms with Gasteiger partial charge in [-0.1, -0.05) is 54.6 Å². The fraction of sp³-hybridized carbons (Fsp3) is 0.160. The third-order valence-corrected chi connectivity index (χ3v) is 5.35. The van der Waals surface area contributed by atoms with Crippen LogP contribution >= 0.6 is 12.4 Å². The number of carbonyl (C=O) groups excluding carboxylic acids is 1. The van der Waals surface area contributed by atoms with Gasteiger partial charge >= 0.3 is 0 Å². The van der Waals surface area contributed by atoms with E-state index in [4.69, 9.17) is 10.2 Å². The quantitative estimate of drug-likeness (QED) is 0.366. The minimum atomic E-state index is -0.775. The van der Waals surface area contributed by atoms with Crippen molar-refractivity contribution < 1.29 is 14.3 Å². The standard InChI is InChI=1S/C25H24N4O3.ClH/c1-16-20(18-6-3-2-4-7-18)8-5-9-21(16)25-29-28-24(32-25)19-12-10-17(11-13-19)14-27-22(15-30)23(26)31;/h2-13,22,27,30H,14-15H2,1H3,(H2,26,31);1H. The Morgan fingerprint density at radius 1 is 0.939 bits per heavy atom. The van der Waals surface area contributed by atoms with Crippen molar-refractivity contribution in [2.45, 2.75) is 19.5 Å². The van der Waals surface area contributed by atoms with Gasteiger partial charge in [-0.3, -0.25) is 10.1 Å². The number of aromatic nitrogens is 2.